The number of rotatable bonds is 3. The molecule has 2 N–H and O–H groups in total. The molecule has 0 aromatic heterocycles. The highest BCUT2D eigenvalue weighted by atomic mass is 35.5. The van der Waals surface area contributed by atoms with Gasteiger partial charge in [0.25, 0.3) is 0 Å². The van der Waals surface area contributed by atoms with Crippen molar-refractivity contribution in [2.24, 2.45) is 11.7 Å². The molecule has 7 heteroatoms. The van der Waals surface area contributed by atoms with Crippen molar-refractivity contribution >= 4 is 22.4 Å². The molecule has 0 aliphatic carbocycles. The van der Waals surface area contributed by atoms with Crippen LogP contribution < -0.4 is 10.5 Å². The van der Waals surface area contributed by atoms with Crippen molar-refractivity contribution in [3.8, 4) is 5.75 Å². The van der Waals surface area contributed by atoms with Crippen LogP contribution >= 0.6 is 12.4 Å². The maximum absolute atomic E-state index is 12.8. The van der Waals surface area contributed by atoms with Crippen LogP contribution in [0.3, 0.4) is 0 Å². The summed E-state index contributed by atoms with van der Waals surface area (Å²) < 4.78 is 32.6. The monoisotopic (exact) mass is 346 g/mol. The molecule has 2 heterocycles. The molecule has 1 aromatic carbocycles. The number of sulfonamides is 1. The first-order valence-corrected chi connectivity index (χ1v) is 8.94. The van der Waals surface area contributed by atoms with E-state index in [0.717, 1.165) is 30.6 Å². The van der Waals surface area contributed by atoms with Crippen LogP contribution in [-0.4, -0.2) is 38.5 Å². The van der Waals surface area contributed by atoms with Crippen molar-refractivity contribution in [2.75, 3.05) is 19.7 Å². The molecule has 2 aliphatic rings. The fourth-order valence-electron chi connectivity index (χ4n) is 3.09. The zero-order valence-corrected chi connectivity index (χ0v) is 14.3. The summed E-state index contributed by atoms with van der Waals surface area (Å²) in [5, 5.41) is 0. The first-order chi connectivity index (χ1) is 9.98. The quantitative estimate of drug-likeness (QED) is 0.905. The normalized spacial score (nSPS) is 23.3. The van der Waals surface area contributed by atoms with E-state index in [1.54, 1.807) is 22.5 Å². The van der Waals surface area contributed by atoms with Gasteiger partial charge in [-0.15, -0.1) is 12.4 Å². The van der Waals surface area contributed by atoms with Gasteiger partial charge in [0.05, 0.1) is 11.5 Å². The molecule has 0 bridgehead atoms. The summed E-state index contributed by atoms with van der Waals surface area (Å²) >= 11 is 0. The molecule has 2 aliphatic heterocycles. The van der Waals surface area contributed by atoms with E-state index in [2.05, 4.69) is 0 Å². The molecule has 2 unspecified atom stereocenters. The predicted octanol–water partition coefficient (Wildman–Crippen LogP) is 1.79. The van der Waals surface area contributed by atoms with Crippen LogP contribution in [0.5, 0.6) is 5.75 Å². The average Bonchev–Trinajstić information content (AvgIpc) is 2.94. The van der Waals surface area contributed by atoms with Crippen molar-refractivity contribution in [1.82, 2.24) is 4.31 Å². The molecular formula is C15H23ClN2O3S. The first kappa shape index (κ1) is 17.5. The molecule has 0 spiro atoms. The Balaban J connectivity index is 0.00000176. The smallest absolute Gasteiger partial charge is 0.243 e. The Morgan fingerprint density at radius 3 is 2.91 bits per heavy atom. The Hall–Kier alpha value is -0.820. The average molecular weight is 347 g/mol. The van der Waals surface area contributed by atoms with E-state index >= 15 is 0 Å². The Kier molecular flexibility index (Phi) is 5.37. The Labute approximate surface area is 138 Å². The van der Waals surface area contributed by atoms with E-state index in [-0.39, 0.29) is 24.4 Å². The third kappa shape index (κ3) is 3.25. The highest BCUT2D eigenvalue weighted by Crippen LogP contribution is 2.30. The van der Waals surface area contributed by atoms with Crippen molar-refractivity contribution < 1.29 is 13.2 Å². The number of benzene rings is 1. The van der Waals surface area contributed by atoms with E-state index in [0.29, 0.717) is 24.6 Å². The summed E-state index contributed by atoms with van der Waals surface area (Å²) in [7, 11) is -3.43. The number of halogens is 1. The van der Waals surface area contributed by atoms with Crippen LogP contribution in [0.25, 0.3) is 0 Å². The summed E-state index contributed by atoms with van der Waals surface area (Å²) in [6.07, 6.45) is 2.66. The van der Waals surface area contributed by atoms with Crippen molar-refractivity contribution in [3.05, 3.63) is 23.8 Å². The van der Waals surface area contributed by atoms with Crippen molar-refractivity contribution in [1.29, 1.82) is 0 Å². The first-order valence-electron chi connectivity index (χ1n) is 7.50. The SMILES string of the molecule is CC(N)C1CCCN(S(=O)(=O)c2ccc3c(c2)CCO3)C1.Cl. The zero-order valence-electron chi connectivity index (χ0n) is 12.7. The van der Waals surface area contributed by atoms with Gasteiger partial charge in [0, 0.05) is 25.6 Å². The predicted molar refractivity (Wildman–Crippen MR) is 88.0 cm³/mol. The minimum Gasteiger partial charge on any atom is -0.493 e. The van der Waals surface area contributed by atoms with Gasteiger partial charge < -0.3 is 10.5 Å². The zero-order chi connectivity index (χ0) is 15.0. The van der Waals surface area contributed by atoms with Gasteiger partial charge in [0.2, 0.25) is 10.0 Å². The van der Waals surface area contributed by atoms with Gasteiger partial charge in [0.1, 0.15) is 5.75 Å². The third-order valence-electron chi connectivity index (χ3n) is 4.46. The Morgan fingerprint density at radius 2 is 2.18 bits per heavy atom. The number of fused-ring (bicyclic) bond motifs is 1. The minimum atomic E-state index is -3.43. The second-order valence-electron chi connectivity index (χ2n) is 5.99. The lowest BCUT2D eigenvalue weighted by atomic mass is 9.93. The molecule has 0 saturated carbocycles. The van der Waals surface area contributed by atoms with Crippen LogP contribution in [0.1, 0.15) is 25.3 Å². The number of ether oxygens (including phenoxy) is 1. The summed E-state index contributed by atoms with van der Waals surface area (Å²) in [6.45, 7) is 3.69. The molecule has 3 rings (SSSR count). The fourth-order valence-corrected chi connectivity index (χ4v) is 4.68. The fraction of sp³-hybridized carbons (Fsp3) is 0.600. The topological polar surface area (TPSA) is 72.6 Å². The number of nitrogens with zero attached hydrogens (tertiary/aromatic N) is 1. The molecular weight excluding hydrogens is 324 g/mol. The van der Waals surface area contributed by atoms with Crippen LogP contribution in [0, 0.1) is 5.92 Å². The molecule has 0 radical (unpaired) electrons. The van der Waals surface area contributed by atoms with Gasteiger partial charge in [-0.25, -0.2) is 8.42 Å². The lowest BCUT2D eigenvalue weighted by Gasteiger charge is -2.33. The number of nitrogens with two attached hydrogens (primary N) is 1. The minimum absolute atomic E-state index is 0. The number of piperidine rings is 1. The van der Waals surface area contributed by atoms with E-state index < -0.39 is 10.0 Å². The Bertz CT molecular complexity index is 634. The summed E-state index contributed by atoms with van der Waals surface area (Å²) in [5.74, 6) is 1.05. The molecule has 1 aromatic rings. The van der Waals surface area contributed by atoms with Gasteiger partial charge in [0.15, 0.2) is 0 Å². The summed E-state index contributed by atoms with van der Waals surface area (Å²) in [5.41, 5.74) is 6.93. The number of hydrogen-bond acceptors (Lipinski definition) is 4. The van der Waals surface area contributed by atoms with Crippen LogP contribution in [0.15, 0.2) is 23.1 Å². The van der Waals surface area contributed by atoms with E-state index in [9.17, 15) is 8.42 Å². The maximum Gasteiger partial charge on any atom is 0.243 e. The van der Waals surface area contributed by atoms with E-state index in [1.165, 1.54) is 0 Å². The molecule has 1 fully saturated rings. The Morgan fingerprint density at radius 1 is 1.41 bits per heavy atom. The number of hydrogen-bond donors (Lipinski definition) is 1. The molecule has 5 nitrogen and oxygen atoms in total. The second kappa shape index (κ2) is 6.74. The van der Waals surface area contributed by atoms with Gasteiger partial charge >= 0.3 is 0 Å². The van der Waals surface area contributed by atoms with Crippen LogP contribution in [-0.2, 0) is 16.4 Å². The van der Waals surface area contributed by atoms with Gasteiger partial charge in [-0.3, -0.25) is 0 Å². The molecule has 0 amide bonds. The van der Waals surface area contributed by atoms with Crippen molar-refractivity contribution in [3.63, 3.8) is 0 Å². The molecule has 1 saturated heterocycles. The highest BCUT2D eigenvalue weighted by molar-refractivity contribution is 7.89. The van der Waals surface area contributed by atoms with Crippen molar-refractivity contribution in [2.45, 2.75) is 37.1 Å². The second-order valence-corrected chi connectivity index (χ2v) is 7.93. The molecule has 2 atom stereocenters. The highest BCUT2D eigenvalue weighted by Gasteiger charge is 2.32. The summed E-state index contributed by atoms with van der Waals surface area (Å²) in [4.78, 5) is 0.372. The maximum atomic E-state index is 12.8. The lowest BCUT2D eigenvalue weighted by molar-refractivity contribution is 0.243. The third-order valence-corrected chi connectivity index (χ3v) is 6.32. The van der Waals surface area contributed by atoms with Gasteiger partial charge in [-0.2, -0.15) is 4.31 Å². The van der Waals surface area contributed by atoms with Gasteiger partial charge in [-0.05, 0) is 49.4 Å². The van der Waals surface area contributed by atoms with Crippen LogP contribution in [0.4, 0.5) is 0 Å². The van der Waals surface area contributed by atoms with E-state index in [1.807, 2.05) is 6.92 Å². The van der Waals surface area contributed by atoms with Crippen LogP contribution in [0.2, 0.25) is 0 Å². The summed E-state index contributed by atoms with van der Waals surface area (Å²) in [6, 6.07) is 5.20. The lowest BCUT2D eigenvalue weighted by Crippen LogP contribution is -2.44. The molecule has 22 heavy (non-hydrogen) atoms. The largest absolute Gasteiger partial charge is 0.493 e. The van der Waals surface area contributed by atoms with Gasteiger partial charge in [-0.1, -0.05) is 0 Å². The molecule has 124 valence electrons. The standard InChI is InChI=1S/C15H22N2O3S.ClH/c1-11(16)13-3-2-7-17(10-13)21(18,19)14-4-5-15-12(9-14)6-8-20-15;/h4-5,9,11,13H,2-3,6-8,10,16H2,1H3;1H. The van der Waals surface area contributed by atoms with E-state index in [4.69, 9.17) is 10.5 Å².